The minimum absolute atomic E-state index is 0.0462. The number of hydrogen-bond donors (Lipinski definition) is 2. The summed E-state index contributed by atoms with van der Waals surface area (Å²) >= 11 is 0. The van der Waals surface area contributed by atoms with Gasteiger partial charge in [-0.05, 0) is 38.1 Å². The maximum absolute atomic E-state index is 12.6. The van der Waals surface area contributed by atoms with Crippen molar-refractivity contribution in [2.24, 2.45) is 0 Å². The number of aromatic nitrogens is 4. The molecule has 140 valence electrons. The lowest BCUT2D eigenvalue weighted by Gasteiger charge is -2.24. The van der Waals surface area contributed by atoms with E-state index in [0.717, 1.165) is 16.6 Å². The average molecular weight is 369 g/mol. The summed E-state index contributed by atoms with van der Waals surface area (Å²) in [5.74, 6) is -1.84. The fraction of sp³-hybridized carbons (Fsp3) is 0.278. The second-order valence-corrected chi connectivity index (χ2v) is 6.34. The van der Waals surface area contributed by atoms with E-state index in [-0.39, 0.29) is 12.3 Å². The van der Waals surface area contributed by atoms with Crippen molar-refractivity contribution >= 4 is 22.8 Å². The zero-order valence-corrected chi connectivity index (χ0v) is 15.1. The quantitative estimate of drug-likeness (QED) is 0.673. The van der Waals surface area contributed by atoms with Gasteiger partial charge < -0.3 is 15.2 Å². The number of carbonyl (C=O) groups is 2. The van der Waals surface area contributed by atoms with Crippen LogP contribution in [0.2, 0.25) is 0 Å². The monoisotopic (exact) mass is 369 g/mol. The van der Waals surface area contributed by atoms with Gasteiger partial charge >= 0.3 is 5.97 Å². The predicted molar refractivity (Wildman–Crippen MR) is 96.8 cm³/mol. The number of fused-ring (bicyclic) bond motifs is 1. The summed E-state index contributed by atoms with van der Waals surface area (Å²) in [6.45, 7) is 2.88. The van der Waals surface area contributed by atoms with Crippen molar-refractivity contribution in [3.63, 3.8) is 0 Å². The molecule has 2 aromatic heterocycles. The number of pyridine rings is 1. The Morgan fingerprint density at radius 2 is 2.11 bits per heavy atom. The molecule has 27 heavy (non-hydrogen) atoms. The molecule has 0 spiro atoms. The molecule has 2 heterocycles. The summed E-state index contributed by atoms with van der Waals surface area (Å²) in [6, 6.07) is 9.32. The van der Waals surface area contributed by atoms with Gasteiger partial charge in [0.2, 0.25) is 0 Å². The van der Waals surface area contributed by atoms with Crippen LogP contribution in [0.4, 0.5) is 0 Å². The van der Waals surface area contributed by atoms with Crippen LogP contribution >= 0.6 is 0 Å². The fourth-order valence-corrected chi connectivity index (χ4v) is 2.73. The lowest BCUT2D eigenvalue weighted by atomic mass is 10.0. The average Bonchev–Trinajstić information content (AvgIpc) is 3.03. The molecule has 0 fully saturated rings. The summed E-state index contributed by atoms with van der Waals surface area (Å²) in [5.41, 5.74) is 0.522. The van der Waals surface area contributed by atoms with Crippen LogP contribution < -0.4 is 5.32 Å². The van der Waals surface area contributed by atoms with Crippen LogP contribution in [0.15, 0.2) is 36.5 Å². The first-order valence-electron chi connectivity index (χ1n) is 8.18. The Bertz CT molecular complexity index is 1020. The van der Waals surface area contributed by atoms with Crippen molar-refractivity contribution in [2.75, 3.05) is 13.7 Å². The Morgan fingerprint density at radius 1 is 1.33 bits per heavy atom. The molecular formula is C18H19N5O4. The van der Waals surface area contributed by atoms with Gasteiger partial charge in [0.1, 0.15) is 0 Å². The fourth-order valence-electron chi connectivity index (χ4n) is 2.73. The van der Waals surface area contributed by atoms with E-state index < -0.39 is 17.4 Å². The normalized spacial score (nSPS) is 13.3. The molecule has 0 aliphatic rings. The Morgan fingerprint density at radius 3 is 2.81 bits per heavy atom. The van der Waals surface area contributed by atoms with Gasteiger partial charge in [0, 0.05) is 18.7 Å². The molecule has 3 aromatic rings. The zero-order chi connectivity index (χ0) is 19.6. The van der Waals surface area contributed by atoms with Gasteiger partial charge in [0.05, 0.1) is 23.5 Å². The minimum Gasteiger partial charge on any atom is -0.479 e. The van der Waals surface area contributed by atoms with Crippen molar-refractivity contribution in [3.8, 4) is 5.69 Å². The molecule has 0 aliphatic carbocycles. The largest absolute Gasteiger partial charge is 0.479 e. The van der Waals surface area contributed by atoms with E-state index >= 15 is 0 Å². The van der Waals surface area contributed by atoms with Crippen LogP contribution in [-0.2, 0) is 9.53 Å². The number of amides is 1. The van der Waals surface area contributed by atoms with Crippen LogP contribution in [0.5, 0.6) is 0 Å². The third kappa shape index (κ3) is 3.49. The SMILES string of the molecule is COCC(C)(NC(=O)c1nnn(-c2ccc3ncccc3c2)c1C)C(=O)O. The lowest BCUT2D eigenvalue weighted by Crippen LogP contribution is -2.55. The number of carboxylic acid groups (broad SMARTS) is 1. The first-order chi connectivity index (χ1) is 12.9. The molecule has 0 aliphatic heterocycles. The van der Waals surface area contributed by atoms with E-state index in [9.17, 15) is 14.7 Å². The highest BCUT2D eigenvalue weighted by Crippen LogP contribution is 2.18. The number of carboxylic acids is 1. The topological polar surface area (TPSA) is 119 Å². The van der Waals surface area contributed by atoms with Crippen LogP contribution in [0, 0.1) is 6.92 Å². The van der Waals surface area contributed by atoms with E-state index in [1.54, 1.807) is 13.1 Å². The smallest absolute Gasteiger partial charge is 0.331 e. The van der Waals surface area contributed by atoms with Gasteiger partial charge in [0.15, 0.2) is 11.2 Å². The molecule has 0 saturated heterocycles. The number of aliphatic carboxylic acids is 1. The van der Waals surface area contributed by atoms with Gasteiger partial charge in [-0.3, -0.25) is 9.78 Å². The molecule has 3 rings (SSSR count). The number of benzene rings is 1. The van der Waals surface area contributed by atoms with Crippen LogP contribution in [0.3, 0.4) is 0 Å². The van der Waals surface area contributed by atoms with Gasteiger partial charge in [-0.2, -0.15) is 0 Å². The maximum atomic E-state index is 12.6. The number of nitrogens with zero attached hydrogens (tertiary/aromatic N) is 4. The second-order valence-electron chi connectivity index (χ2n) is 6.34. The van der Waals surface area contributed by atoms with Gasteiger partial charge in [-0.1, -0.05) is 11.3 Å². The van der Waals surface area contributed by atoms with Crippen molar-refractivity contribution in [1.29, 1.82) is 0 Å². The van der Waals surface area contributed by atoms with Crippen molar-refractivity contribution in [3.05, 3.63) is 47.9 Å². The zero-order valence-electron chi connectivity index (χ0n) is 15.1. The third-order valence-electron chi connectivity index (χ3n) is 4.24. The van der Waals surface area contributed by atoms with E-state index in [1.165, 1.54) is 18.7 Å². The van der Waals surface area contributed by atoms with Gasteiger partial charge in [-0.25, -0.2) is 9.48 Å². The first kappa shape index (κ1) is 18.5. The Labute approximate surface area is 155 Å². The number of ether oxygens (including phenoxy) is 1. The summed E-state index contributed by atoms with van der Waals surface area (Å²) < 4.78 is 6.43. The molecule has 9 nitrogen and oxygen atoms in total. The summed E-state index contributed by atoms with van der Waals surface area (Å²) in [7, 11) is 1.36. The highest BCUT2D eigenvalue weighted by Gasteiger charge is 2.36. The predicted octanol–water partition coefficient (Wildman–Crippen LogP) is 1.34. The van der Waals surface area contributed by atoms with E-state index in [2.05, 4.69) is 20.6 Å². The second kappa shape index (κ2) is 7.12. The van der Waals surface area contributed by atoms with Gasteiger partial charge in [0.25, 0.3) is 5.91 Å². The molecule has 2 N–H and O–H groups in total. The van der Waals surface area contributed by atoms with E-state index in [4.69, 9.17) is 4.74 Å². The van der Waals surface area contributed by atoms with Crippen LogP contribution in [0.1, 0.15) is 23.1 Å². The minimum atomic E-state index is -1.57. The molecule has 1 unspecified atom stereocenters. The standard InChI is InChI=1S/C18H19N5O4/c1-11-15(16(24)20-18(2,10-27-3)17(25)26)21-22-23(11)13-6-7-14-12(9-13)5-4-8-19-14/h4-9H,10H2,1-3H3,(H,20,24)(H,25,26). The molecule has 0 saturated carbocycles. The molecule has 1 aromatic carbocycles. The highest BCUT2D eigenvalue weighted by atomic mass is 16.5. The van der Waals surface area contributed by atoms with Crippen LogP contribution in [-0.4, -0.2) is 56.2 Å². The van der Waals surface area contributed by atoms with Crippen LogP contribution in [0.25, 0.3) is 16.6 Å². The molecule has 0 radical (unpaired) electrons. The molecule has 9 heteroatoms. The number of rotatable bonds is 6. The molecule has 1 amide bonds. The van der Waals surface area contributed by atoms with Crippen molar-refractivity contribution in [1.82, 2.24) is 25.3 Å². The van der Waals surface area contributed by atoms with Gasteiger partial charge in [-0.15, -0.1) is 5.10 Å². The van der Waals surface area contributed by atoms with E-state index in [1.807, 2.05) is 30.3 Å². The summed E-state index contributed by atoms with van der Waals surface area (Å²) in [4.78, 5) is 28.3. The number of carbonyl (C=O) groups excluding carboxylic acids is 1. The number of methoxy groups -OCH3 is 1. The first-order valence-corrected chi connectivity index (χ1v) is 8.18. The summed E-state index contributed by atoms with van der Waals surface area (Å²) in [6.07, 6.45) is 1.71. The highest BCUT2D eigenvalue weighted by molar-refractivity contribution is 5.97. The van der Waals surface area contributed by atoms with E-state index in [0.29, 0.717) is 5.69 Å². The number of hydrogen-bond acceptors (Lipinski definition) is 6. The maximum Gasteiger partial charge on any atom is 0.331 e. The molecular weight excluding hydrogens is 350 g/mol. The molecule has 1 atom stereocenters. The van der Waals surface area contributed by atoms with Crippen molar-refractivity contribution < 1.29 is 19.4 Å². The third-order valence-corrected chi connectivity index (χ3v) is 4.24. The lowest BCUT2D eigenvalue weighted by molar-refractivity contribution is -0.145. The Kier molecular flexibility index (Phi) is 4.87. The number of nitrogens with one attached hydrogen (secondary N) is 1. The summed E-state index contributed by atoms with van der Waals surface area (Å²) in [5, 5.41) is 20.7. The Hall–Kier alpha value is -3.33. The van der Waals surface area contributed by atoms with Crippen molar-refractivity contribution in [2.45, 2.75) is 19.4 Å². The molecule has 0 bridgehead atoms. The Balaban J connectivity index is 1.92.